The van der Waals surface area contributed by atoms with E-state index in [1.54, 1.807) is 13.8 Å². The van der Waals surface area contributed by atoms with Crippen molar-refractivity contribution < 1.29 is 53.8 Å². The molecule has 34 heavy (non-hydrogen) atoms. The van der Waals surface area contributed by atoms with E-state index in [0.717, 1.165) is 25.7 Å². The molecule has 3 rings (SSSR count). The summed E-state index contributed by atoms with van der Waals surface area (Å²) < 4.78 is 5.98. The molecule has 0 spiro atoms. The predicted octanol–water partition coefficient (Wildman–Crippen LogP) is -0.286. The number of carbonyl (C=O) groups excluding carboxylic acids is 3. The summed E-state index contributed by atoms with van der Waals surface area (Å²) in [6, 6.07) is -1.73. The number of nitrogens with zero attached hydrogens (tertiary/aromatic N) is 1. The van der Waals surface area contributed by atoms with Crippen LogP contribution in [0.5, 0.6) is 0 Å². The summed E-state index contributed by atoms with van der Waals surface area (Å²) in [6.07, 6.45) is 5.61. The number of carbonyl (C=O) groups is 3. The van der Waals surface area contributed by atoms with E-state index in [0.29, 0.717) is 24.2 Å². The summed E-state index contributed by atoms with van der Waals surface area (Å²) in [6.45, 7) is 14.2. The minimum atomic E-state index is -1.25. The van der Waals surface area contributed by atoms with Crippen molar-refractivity contribution in [2.45, 2.75) is 121 Å². The van der Waals surface area contributed by atoms with E-state index < -0.39 is 33.8 Å². The monoisotopic (exact) mass is 504 g/mol. The summed E-state index contributed by atoms with van der Waals surface area (Å²) >= 11 is 1.41. The molecule has 0 aromatic carbocycles. The maximum Gasteiger partial charge on any atom is 1.00 e. The SMILES string of the molecule is CCCCC(C)(OC1CC(C)CCC1C(C)C)C(=O)NC1C(=O)N2C1SC(C)(C)C2C(=O)[O-].[Na+]. The van der Waals surface area contributed by atoms with E-state index in [1.165, 1.54) is 23.1 Å². The van der Waals surface area contributed by atoms with E-state index in [1.807, 2.05) is 6.92 Å². The molecule has 0 aromatic heterocycles. The normalized spacial score (nSPS) is 34.0. The molecule has 0 radical (unpaired) electrons. The van der Waals surface area contributed by atoms with Crippen LogP contribution in [0.25, 0.3) is 0 Å². The Labute approximate surface area is 231 Å². The van der Waals surface area contributed by atoms with Gasteiger partial charge in [-0.25, -0.2) is 0 Å². The average Bonchev–Trinajstić information content (AvgIpc) is 2.98. The van der Waals surface area contributed by atoms with Crippen LogP contribution in [0.15, 0.2) is 0 Å². The second-order valence-electron chi connectivity index (χ2n) is 11.3. The fraction of sp³-hybridized carbons (Fsp3) is 0.880. The van der Waals surface area contributed by atoms with Gasteiger partial charge < -0.3 is 24.9 Å². The van der Waals surface area contributed by atoms with Crippen molar-refractivity contribution in [3.05, 3.63) is 0 Å². The van der Waals surface area contributed by atoms with Crippen LogP contribution in [0.1, 0.15) is 87.0 Å². The second kappa shape index (κ2) is 11.4. The van der Waals surface area contributed by atoms with Gasteiger partial charge in [-0.05, 0) is 57.8 Å². The zero-order valence-electron chi connectivity index (χ0n) is 22.2. The van der Waals surface area contributed by atoms with Crippen LogP contribution in [0.3, 0.4) is 0 Å². The van der Waals surface area contributed by atoms with Crippen molar-refractivity contribution in [1.82, 2.24) is 10.2 Å². The Bertz CT molecular complexity index is 778. The smallest absolute Gasteiger partial charge is 0.548 e. The van der Waals surface area contributed by atoms with Crippen LogP contribution in [0.2, 0.25) is 0 Å². The second-order valence-corrected chi connectivity index (χ2v) is 13.1. The number of rotatable bonds is 9. The van der Waals surface area contributed by atoms with E-state index >= 15 is 0 Å². The number of fused-ring (bicyclic) bond motifs is 1. The third-order valence-electron chi connectivity index (χ3n) is 7.81. The predicted molar refractivity (Wildman–Crippen MR) is 127 cm³/mol. The van der Waals surface area contributed by atoms with Crippen molar-refractivity contribution in [1.29, 1.82) is 0 Å². The van der Waals surface area contributed by atoms with Gasteiger partial charge in [0.25, 0.3) is 5.91 Å². The van der Waals surface area contributed by atoms with Crippen LogP contribution in [-0.4, -0.2) is 56.6 Å². The van der Waals surface area contributed by atoms with Gasteiger partial charge in [0.1, 0.15) is 17.0 Å². The maximum atomic E-state index is 13.6. The number of β-lactam (4-membered cyclic amide) rings is 1. The number of ether oxygens (including phenoxy) is 1. The van der Waals surface area contributed by atoms with Crippen molar-refractivity contribution in [3.63, 3.8) is 0 Å². The Kier molecular flexibility index (Phi) is 10.0. The van der Waals surface area contributed by atoms with Gasteiger partial charge >= 0.3 is 29.6 Å². The molecule has 7 unspecified atom stereocenters. The number of hydrogen-bond donors (Lipinski definition) is 1. The molecule has 3 aliphatic rings. The largest absolute Gasteiger partial charge is 1.00 e. The summed E-state index contributed by atoms with van der Waals surface area (Å²) in [7, 11) is 0. The first kappa shape index (κ1) is 29.9. The molecule has 1 saturated carbocycles. The maximum absolute atomic E-state index is 13.6. The Morgan fingerprint density at radius 2 is 1.97 bits per heavy atom. The number of aliphatic carboxylic acids is 1. The molecule has 0 aromatic rings. The van der Waals surface area contributed by atoms with Crippen LogP contribution in [0.4, 0.5) is 0 Å². The van der Waals surface area contributed by atoms with E-state index in [4.69, 9.17) is 4.74 Å². The van der Waals surface area contributed by atoms with Crippen LogP contribution in [-0.2, 0) is 19.1 Å². The molecular formula is C25H41N2NaO5S. The first-order chi connectivity index (χ1) is 15.3. The van der Waals surface area contributed by atoms with E-state index in [2.05, 4.69) is 33.0 Å². The van der Waals surface area contributed by atoms with Crippen LogP contribution < -0.4 is 40.0 Å². The fourth-order valence-electron chi connectivity index (χ4n) is 5.74. The number of carboxylic acids is 1. The summed E-state index contributed by atoms with van der Waals surface area (Å²) in [5, 5.41) is 14.2. The Morgan fingerprint density at radius 3 is 2.53 bits per heavy atom. The van der Waals surface area contributed by atoms with Crippen LogP contribution >= 0.6 is 11.8 Å². The van der Waals surface area contributed by atoms with Gasteiger partial charge in [0, 0.05) is 4.75 Å². The number of carboxylic acid groups (broad SMARTS) is 1. The standard InChI is InChI=1S/C25H42N2O5S.Na/c1-8-9-12-25(7,32-17-13-15(4)10-11-16(17)14(2)3)23(31)26-18-20(28)27-19(22(29)30)24(5,6)33-21(18)27;/h14-19,21H,8-13H2,1-7H3,(H,26,31)(H,29,30);/q;+1/p-1. The minimum absolute atomic E-state index is 0. The zero-order chi connectivity index (χ0) is 24.7. The summed E-state index contributed by atoms with van der Waals surface area (Å²) in [5.74, 6) is -0.443. The van der Waals surface area contributed by atoms with Gasteiger partial charge in [-0.1, -0.05) is 47.0 Å². The number of unbranched alkanes of at least 4 members (excludes halogenated alkanes) is 1. The molecule has 0 bridgehead atoms. The van der Waals surface area contributed by atoms with Gasteiger partial charge in [-0.3, -0.25) is 9.59 Å². The van der Waals surface area contributed by atoms with Gasteiger partial charge in [0.15, 0.2) is 0 Å². The number of hydrogen-bond acceptors (Lipinski definition) is 6. The van der Waals surface area contributed by atoms with Gasteiger partial charge in [0.2, 0.25) is 5.91 Å². The third-order valence-corrected chi connectivity index (χ3v) is 9.38. The molecule has 2 heterocycles. The molecule has 2 amide bonds. The number of thioether (sulfide) groups is 1. The Hall–Kier alpha value is -0.280. The van der Waals surface area contributed by atoms with E-state index in [9.17, 15) is 19.5 Å². The quantitative estimate of drug-likeness (QED) is 0.342. The van der Waals surface area contributed by atoms with Crippen molar-refractivity contribution in [2.24, 2.45) is 17.8 Å². The first-order valence-corrected chi connectivity index (χ1v) is 13.4. The molecule has 2 aliphatic heterocycles. The Balaban J connectivity index is 0.00000408. The molecule has 2 saturated heterocycles. The van der Waals surface area contributed by atoms with Crippen molar-refractivity contribution in [3.8, 4) is 0 Å². The first-order valence-electron chi connectivity index (χ1n) is 12.5. The van der Waals surface area contributed by atoms with E-state index in [-0.39, 0.29) is 47.5 Å². The molecule has 1 aliphatic carbocycles. The molecule has 188 valence electrons. The third kappa shape index (κ3) is 5.82. The summed E-state index contributed by atoms with van der Waals surface area (Å²) in [5.41, 5.74) is -1.03. The average molecular weight is 505 g/mol. The molecule has 7 nitrogen and oxygen atoms in total. The molecule has 1 N–H and O–H groups in total. The minimum Gasteiger partial charge on any atom is -0.548 e. The summed E-state index contributed by atoms with van der Waals surface area (Å²) in [4.78, 5) is 39.5. The Morgan fingerprint density at radius 1 is 1.32 bits per heavy atom. The molecule has 7 atom stereocenters. The number of amides is 2. The van der Waals surface area contributed by atoms with Crippen molar-refractivity contribution in [2.75, 3.05) is 0 Å². The molecular weight excluding hydrogens is 463 g/mol. The zero-order valence-corrected chi connectivity index (χ0v) is 25.0. The molecule has 3 fully saturated rings. The fourth-order valence-corrected chi connectivity index (χ4v) is 7.37. The number of nitrogens with one attached hydrogen (secondary N) is 1. The van der Waals surface area contributed by atoms with Gasteiger partial charge in [0.05, 0.1) is 18.1 Å². The van der Waals surface area contributed by atoms with Crippen LogP contribution in [0, 0.1) is 17.8 Å². The molecule has 9 heteroatoms. The topological polar surface area (TPSA) is 98.8 Å². The van der Waals surface area contributed by atoms with Crippen molar-refractivity contribution >= 4 is 29.5 Å². The van der Waals surface area contributed by atoms with Gasteiger partial charge in [-0.15, -0.1) is 11.8 Å². The van der Waals surface area contributed by atoms with Gasteiger partial charge in [-0.2, -0.15) is 0 Å².